The van der Waals surface area contributed by atoms with Crippen molar-refractivity contribution in [1.82, 2.24) is 5.32 Å². The van der Waals surface area contributed by atoms with Crippen LogP contribution in [0, 0.1) is 11.8 Å². The molecule has 1 heterocycles. The van der Waals surface area contributed by atoms with Gasteiger partial charge in [0, 0.05) is 6.42 Å². The van der Waals surface area contributed by atoms with E-state index in [1.54, 1.807) is 0 Å². The fourth-order valence-corrected chi connectivity index (χ4v) is 2.85. The van der Waals surface area contributed by atoms with Crippen molar-refractivity contribution in [3.05, 3.63) is 0 Å². The van der Waals surface area contributed by atoms with Crippen LogP contribution in [0.2, 0.25) is 0 Å². The van der Waals surface area contributed by atoms with Crippen molar-refractivity contribution in [3.63, 3.8) is 0 Å². The summed E-state index contributed by atoms with van der Waals surface area (Å²) in [7, 11) is 0. The topological polar surface area (TPSA) is 75.6 Å². The van der Waals surface area contributed by atoms with Crippen molar-refractivity contribution < 1.29 is 19.4 Å². The van der Waals surface area contributed by atoms with Crippen LogP contribution in [-0.4, -0.2) is 36.2 Å². The Balaban J connectivity index is 1.71. The first-order chi connectivity index (χ1) is 8.66. The highest BCUT2D eigenvalue weighted by Gasteiger charge is 2.34. The standard InChI is InChI=1S/C13H21NO4/c15-12(6-5-9-3-1-2-4-9)14-11-8-18-7-10(11)13(16)17/h9-11H,1-8H2,(H,14,15)(H,16,17). The fourth-order valence-electron chi connectivity index (χ4n) is 2.85. The maximum atomic E-state index is 11.8. The van der Waals surface area contributed by atoms with Gasteiger partial charge in [-0.15, -0.1) is 0 Å². The van der Waals surface area contributed by atoms with Crippen LogP contribution in [0.25, 0.3) is 0 Å². The van der Waals surface area contributed by atoms with Gasteiger partial charge in [0.25, 0.3) is 0 Å². The molecule has 2 N–H and O–H groups in total. The van der Waals surface area contributed by atoms with Gasteiger partial charge in [-0.2, -0.15) is 0 Å². The number of ether oxygens (including phenoxy) is 1. The van der Waals surface area contributed by atoms with E-state index < -0.39 is 11.9 Å². The van der Waals surface area contributed by atoms with Gasteiger partial charge in [-0.3, -0.25) is 9.59 Å². The summed E-state index contributed by atoms with van der Waals surface area (Å²) >= 11 is 0. The maximum absolute atomic E-state index is 11.8. The van der Waals surface area contributed by atoms with Gasteiger partial charge in [-0.25, -0.2) is 0 Å². The van der Waals surface area contributed by atoms with E-state index in [0.29, 0.717) is 18.9 Å². The summed E-state index contributed by atoms with van der Waals surface area (Å²) in [6.45, 7) is 0.509. The molecule has 5 heteroatoms. The second-order valence-electron chi connectivity index (χ2n) is 5.35. The quantitative estimate of drug-likeness (QED) is 0.773. The zero-order valence-corrected chi connectivity index (χ0v) is 10.6. The number of rotatable bonds is 5. The summed E-state index contributed by atoms with van der Waals surface area (Å²) < 4.78 is 5.11. The van der Waals surface area contributed by atoms with Gasteiger partial charge in [0.1, 0.15) is 5.92 Å². The van der Waals surface area contributed by atoms with Crippen molar-refractivity contribution in [2.45, 2.75) is 44.6 Å². The summed E-state index contributed by atoms with van der Waals surface area (Å²) in [5.41, 5.74) is 0. The smallest absolute Gasteiger partial charge is 0.311 e. The van der Waals surface area contributed by atoms with E-state index in [1.165, 1.54) is 25.7 Å². The number of nitrogens with one attached hydrogen (secondary N) is 1. The molecule has 1 aliphatic heterocycles. The van der Waals surface area contributed by atoms with Gasteiger partial charge in [-0.05, 0) is 12.3 Å². The molecule has 2 atom stereocenters. The second kappa shape index (κ2) is 6.18. The summed E-state index contributed by atoms with van der Waals surface area (Å²) in [5.74, 6) is -0.844. The van der Waals surface area contributed by atoms with E-state index in [0.717, 1.165) is 6.42 Å². The second-order valence-corrected chi connectivity index (χ2v) is 5.35. The third kappa shape index (κ3) is 3.45. The highest BCUT2D eigenvalue weighted by Crippen LogP contribution is 2.28. The molecule has 0 aromatic rings. The first kappa shape index (κ1) is 13.3. The van der Waals surface area contributed by atoms with E-state index in [4.69, 9.17) is 9.84 Å². The molecule has 102 valence electrons. The van der Waals surface area contributed by atoms with E-state index in [2.05, 4.69) is 5.32 Å². The molecule has 2 rings (SSSR count). The van der Waals surface area contributed by atoms with Crippen LogP contribution in [0.5, 0.6) is 0 Å². The number of carboxylic acids is 1. The molecule has 0 radical (unpaired) electrons. The largest absolute Gasteiger partial charge is 0.481 e. The first-order valence-electron chi connectivity index (χ1n) is 6.76. The molecule has 2 aliphatic rings. The third-order valence-electron chi connectivity index (χ3n) is 4.00. The average Bonchev–Trinajstić information content (AvgIpc) is 2.96. The molecule has 1 saturated carbocycles. The van der Waals surface area contributed by atoms with Crippen molar-refractivity contribution in [2.24, 2.45) is 11.8 Å². The van der Waals surface area contributed by atoms with Crippen molar-refractivity contribution in [2.75, 3.05) is 13.2 Å². The number of hydrogen-bond donors (Lipinski definition) is 2. The molecular formula is C13H21NO4. The summed E-state index contributed by atoms with van der Waals surface area (Å²) in [4.78, 5) is 22.7. The number of hydrogen-bond acceptors (Lipinski definition) is 3. The number of carbonyl (C=O) groups is 2. The minimum Gasteiger partial charge on any atom is -0.481 e. The number of amides is 1. The van der Waals surface area contributed by atoms with Crippen molar-refractivity contribution >= 4 is 11.9 Å². The Morgan fingerprint density at radius 1 is 1.22 bits per heavy atom. The van der Waals surface area contributed by atoms with Gasteiger partial charge in [-0.1, -0.05) is 25.7 Å². The average molecular weight is 255 g/mol. The Kier molecular flexibility index (Phi) is 4.58. The van der Waals surface area contributed by atoms with Crippen LogP contribution in [0.4, 0.5) is 0 Å². The normalized spacial score (nSPS) is 28.4. The number of carbonyl (C=O) groups excluding carboxylic acids is 1. The van der Waals surface area contributed by atoms with Gasteiger partial charge >= 0.3 is 5.97 Å². The molecule has 0 aromatic carbocycles. The lowest BCUT2D eigenvalue weighted by molar-refractivity contribution is -0.142. The summed E-state index contributed by atoms with van der Waals surface area (Å²) in [6.07, 6.45) is 6.47. The predicted molar refractivity (Wildman–Crippen MR) is 65.1 cm³/mol. The Morgan fingerprint density at radius 2 is 1.94 bits per heavy atom. The Bertz CT molecular complexity index is 312. The zero-order valence-electron chi connectivity index (χ0n) is 10.6. The van der Waals surface area contributed by atoms with Gasteiger partial charge < -0.3 is 15.2 Å². The number of carboxylic acid groups (broad SMARTS) is 1. The maximum Gasteiger partial charge on any atom is 0.311 e. The lowest BCUT2D eigenvalue weighted by atomic mass is 10.0. The zero-order chi connectivity index (χ0) is 13.0. The minimum atomic E-state index is -0.895. The van der Waals surface area contributed by atoms with Crippen LogP contribution >= 0.6 is 0 Å². The molecule has 1 aliphatic carbocycles. The van der Waals surface area contributed by atoms with Crippen LogP contribution in [0.3, 0.4) is 0 Å². The SMILES string of the molecule is O=C(CCC1CCCC1)NC1COCC1C(=O)O. The molecule has 18 heavy (non-hydrogen) atoms. The van der Waals surface area contributed by atoms with Crippen molar-refractivity contribution in [1.29, 1.82) is 0 Å². The third-order valence-corrected chi connectivity index (χ3v) is 4.00. The Hall–Kier alpha value is -1.10. The molecule has 0 bridgehead atoms. The molecule has 0 aromatic heterocycles. The fraction of sp³-hybridized carbons (Fsp3) is 0.846. The van der Waals surface area contributed by atoms with Gasteiger partial charge in [0.05, 0.1) is 19.3 Å². The molecule has 2 fully saturated rings. The first-order valence-corrected chi connectivity index (χ1v) is 6.76. The Morgan fingerprint density at radius 3 is 2.61 bits per heavy atom. The van der Waals surface area contributed by atoms with E-state index in [9.17, 15) is 9.59 Å². The number of aliphatic carboxylic acids is 1. The van der Waals surface area contributed by atoms with Crippen LogP contribution in [0.1, 0.15) is 38.5 Å². The highest BCUT2D eigenvalue weighted by molar-refractivity contribution is 5.78. The highest BCUT2D eigenvalue weighted by atomic mass is 16.5. The van der Waals surface area contributed by atoms with Crippen LogP contribution in [-0.2, 0) is 14.3 Å². The van der Waals surface area contributed by atoms with E-state index in [-0.39, 0.29) is 18.6 Å². The van der Waals surface area contributed by atoms with Crippen molar-refractivity contribution in [3.8, 4) is 0 Å². The lowest BCUT2D eigenvalue weighted by Gasteiger charge is -2.16. The van der Waals surface area contributed by atoms with Crippen LogP contribution < -0.4 is 5.32 Å². The molecule has 2 unspecified atom stereocenters. The predicted octanol–water partition coefficient (Wildman–Crippen LogP) is 1.17. The monoisotopic (exact) mass is 255 g/mol. The Labute approximate surface area is 107 Å². The molecular weight excluding hydrogens is 234 g/mol. The molecule has 0 spiro atoms. The molecule has 1 amide bonds. The summed E-state index contributed by atoms with van der Waals surface area (Å²) in [6, 6.07) is -0.362. The van der Waals surface area contributed by atoms with E-state index >= 15 is 0 Å². The lowest BCUT2D eigenvalue weighted by Crippen LogP contribution is -2.42. The van der Waals surface area contributed by atoms with Gasteiger partial charge in [0.2, 0.25) is 5.91 Å². The van der Waals surface area contributed by atoms with Crippen LogP contribution in [0.15, 0.2) is 0 Å². The van der Waals surface area contributed by atoms with E-state index in [1.807, 2.05) is 0 Å². The minimum absolute atomic E-state index is 0.0383. The summed E-state index contributed by atoms with van der Waals surface area (Å²) in [5, 5.41) is 11.8. The van der Waals surface area contributed by atoms with Gasteiger partial charge in [0.15, 0.2) is 0 Å². The molecule has 5 nitrogen and oxygen atoms in total. The molecule has 1 saturated heterocycles.